The van der Waals surface area contributed by atoms with E-state index in [1.54, 1.807) is 6.20 Å². The molecule has 110 valence electrons. The fourth-order valence-electron chi connectivity index (χ4n) is 3.07. The van der Waals surface area contributed by atoms with Gasteiger partial charge in [0, 0.05) is 18.0 Å². The predicted octanol–water partition coefficient (Wildman–Crippen LogP) is 2.21. The molecule has 20 heavy (non-hydrogen) atoms. The van der Waals surface area contributed by atoms with Gasteiger partial charge in [-0.15, -0.1) is 11.3 Å². The van der Waals surface area contributed by atoms with Crippen LogP contribution < -0.4 is 0 Å². The standard InChI is InChI=1S/C14H19NO4S/c1-18-12(16)14(13(17)19-2,10-5-3-4-6-10)9-11-15-7-8-20-11/h7-8,10H,3-6,9H2,1-2H3. The number of nitrogens with zero attached hydrogens (tertiary/aromatic N) is 1. The zero-order valence-electron chi connectivity index (χ0n) is 11.8. The number of hydrogen-bond acceptors (Lipinski definition) is 6. The van der Waals surface area contributed by atoms with Gasteiger partial charge in [0.05, 0.1) is 19.2 Å². The summed E-state index contributed by atoms with van der Waals surface area (Å²) in [7, 11) is 2.63. The lowest BCUT2D eigenvalue weighted by Crippen LogP contribution is -2.48. The van der Waals surface area contributed by atoms with E-state index in [0.717, 1.165) is 30.7 Å². The topological polar surface area (TPSA) is 65.5 Å². The molecule has 0 N–H and O–H groups in total. The van der Waals surface area contributed by atoms with Gasteiger partial charge in [0.15, 0.2) is 5.41 Å². The number of hydrogen-bond donors (Lipinski definition) is 0. The first-order valence-electron chi connectivity index (χ1n) is 6.70. The molecule has 1 heterocycles. The van der Waals surface area contributed by atoms with Gasteiger partial charge in [0.25, 0.3) is 0 Å². The summed E-state index contributed by atoms with van der Waals surface area (Å²) in [6, 6.07) is 0. The van der Waals surface area contributed by atoms with Crippen LogP contribution in [0.5, 0.6) is 0 Å². The fraction of sp³-hybridized carbons (Fsp3) is 0.643. The Morgan fingerprint density at radius 2 is 1.90 bits per heavy atom. The molecule has 1 aromatic rings. The third kappa shape index (κ3) is 2.57. The van der Waals surface area contributed by atoms with Crippen LogP contribution in [-0.4, -0.2) is 31.1 Å². The Kier molecular flexibility index (Phi) is 4.75. The molecule has 5 nitrogen and oxygen atoms in total. The van der Waals surface area contributed by atoms with E-state index in [9.17, 15) is 9.59 Å². The third-order valence-electron chi connectivity index (χ3n) is 4.06. The van der Waals surface area contributed by atoms with Gasteiger partial charge in [0.1, 0.15) is 0 Å². The summed E-state index contributed by atoms with van der Waals surface area (Å²) < 4.78 is 9.87. The van der Waals surface area contributed by atoms with Crippen LogP contribution in [0.2, 0.25) is 0 Å². The van der Waals surface area contributed by atoms with Crippen LogP contribution in [-0.2, 0) is 25.5 Å². The Hall–Kier alpha value is -1.43. The van der Waals surface area contributed by atoms with Gasteiger partial charge >= 0.3 is 11.9 Å². The van der Waals surface area contributed by atoms with Crippen molar-refractivity contribution in [2.24, 2.45) is 11.3 Å². The highest BCUT2D eigenvalue weighted by Crippen LogP contribution is 2.44. The zero-order chi connectivity index (χ0) is 14.6. The summed E-state index contributed by atoms with van der Waals surface area (Å²) in [5, 5.41) is 2.59. The molecule has 1 aromatic heterocycles. The van der Waals surface area contributed by atoms with E-state index < -0.39 is 17.4 Å². The van der Waals surface area contributed by atoms with Crippen molar-refractivity contribution >= 4 is 23.3 Å². The summed E-state index contributed by atoms with van der Waals surface area (Å²) in [5.41, 5.74) is -1.25. The van der Waals surface area contributed by atoms with Gasteiger partial charge in [-0.2, -0.15) is 0 Å². The SMILES string of the molecule is COC(=O)C(Cc1nccs1)(C(=O)OC)C1CCCC1. The molecule has 0 unspecified atom stereocenters. The van der Waals surface area contributed by atoms with Crippen molar-refractivity contribution in [1.29, 1.82) is 0 Å². The maximum absolute atomic E-state index is 12.4. The smallest absolute Gasteiger partial charge is 0.323 e. The van der Waals surface area contributed by atoms with Crippen molar-refractivity contribution in [3.05, 3.63) is 16.6 Å². The van der Waals surface area contributed by atoms with Crippen LogP contribution in [0.4, 0.5) is 0 Å². The van der Waals surface area contributed by atoms with Gasteiger partial charge in [0.2, 0.25) is 0 Å². The molecule has 1 aliphatic carbocycles. The molecule has 1 fully saturated rings. The molecule has 1 aliphatic rings. The summed E-state index contributed by atoms with van der Waals surface area (Å²) >= 11 is 1.44. The molecule has 0 spiro atoms. The highest BCUT2D eigenvalue weighted by Gasteiger charge is 2.55. The number of rotatable bonds is 5. The minimum absolute atomic E-state index is 0.0358. The number of thiazole rings is 1. The quantitative estimate of drug-likeness (QED) is 0.616. The average molecular weight is 297 g/mol. The van der Waals surface area contributed by atoms with Crippen LogP contribution in [0.15, 0.2) is 11.6 Å². The van der Waals surface area contributed by atoms with E-state index in [-0.39, 0.29) is 12.3 Å². The predicted molar refractivity (Wildman–Crippen MR) is 74.2 cm³/mol. The minimum atomic E-state index is -1.25. The molecule has 0 radical (unpaired) electrons. The lowest BCUT2D eigenvalue weighted by Gasteiger charge is -2.32. The van der Waals surface area contributed by atoms with Gasteiger partial charge in [-0.3, -0.25) is 9.59 Å². The first kappa shape index (κ1) is 15.0. The molecule has 0 amide bonds. The highest BCUT2D eigenvalue weighted by atomic mass is 32.1. The third-order valence-corrected chi connectivity index (χ3v) is 4.84. The first-order chi connectivity index (χ1) is 9.65. The Morgan fingerprint density at radius 3 is 2.35 bits per heavy atom. The average Bonchev–Trinajstić information content (AvgIpc) is 3.15. The lowest BCUT2D eigenvalue weighted by molar-refractivity contribution is -0.173. The van der Waals surface area contributed by atoms with E-state index in [1.165, 1.54) is 25.6 Å². The highest BCUT2D eigenvalue weighted by molar-refractivity contribution is 7.09. The first-order valence-corrected chi connectivity index (χ1v) is 7.58. The van der Waals surface area contributed by atoms with Crippen LogP contribution in [0.25, 0.3) is 0 Å². The summed E-state index contributed by atoms with van der Waals surface area (Å²) in [4.78, 5) is 29.0. The molecule has 2 rings (SSSR count). The number of ether oxygens (including phenoxy) is 2. The van der Waals surface area contributed by atoms with Crippen molar-refractivity contribution in [1.82, 2.24) is 4.98 Å². The van der Waals surface area contributed by atoms with Crippen molar-refractivity contribution in [2.45, 2.75) is 32.1 Å². The molecule has 0 saturated heterocycles. The number of methoxy groups -OCH3 is 2. The van der Waals surface area contributed by atoms with E-state index in [2.05, 4.69) is 4.98 Å². The monoisotopic (exact) mass is 297 g/mol. The summed E-state index contributed by atoms with van der Waals surface area (Å²) in [6.07, 6.45) is 5.67. The fourth-order valence-corrected chi connectivity index (χ4v) is 3.78. The normalized spacial score (nSPS) is 16.1. The second kappa shape index (κ2) is 6.35. The number of carbonyl (C=O) groups is 2. The Labute approximate surface area is 122 Å². The molecule has 0 atom stereocenters. The van der Waals surface area contributed by atoms with Crippen molar-refractivity contribution in [2.75, 3.05) is 14.2 Å². The Morgan fingerprint density at radius 1 is 1.30 bits per heavy atom. The van der Waals surface area contributed by atoms with Crippen LogP contribution in [0.1, 0.15) is 30.7 Å². The molecular weight excluding hydrogens is 278 g/mol. The van der Waals surface area contributed by atoms with Crippen LogP contribution >= 0.6 is 11.3 Å². The van der Waals surface area contributed by atoms with E-state index >= 15 is 0 Å². The molecule has 6 heteroatoms. The van der Waals surface area contributed by atoms with Crippen molar-refractivity contribution < 1.29 is 19.1 Å². The maximum atomic E-state index is 12.4. The Balaban J connectivity index is 2.41. The van der Waals surface area contributed by atoms with Gasteiger partial charge in [-0.25, -0.2) is 4.98 Å². The Bertz CT molecular complexity index is 450. The number of carbonyl (C=O) groups excluding carboxylic acids is 2. The van der Waals surface area contributed by atoms with Crippen LogP contribution in [0.3, 0.4) is 0 Å². The second-order valence-corrected chi connectivity index (χ2v) is 6.02. The van der Waals surface area contributed by atoms with E-state index in [4.69, 9.17) is 9.47 Å². The van der Waals surface area contributed by atoms with E-state index in [1.807, 2.05) is 5.38 Å². The molecule has 1 saturated carbocycles. The number of esters is 2. The zero-order valence-corrected chi connectivity index (χ0v) is 12.6. The molecule has 0 bridgehead atoms. The maximum Gasteiger partial charge on any atom is 0.323 e. The van der Waals surface area contributed by atoms with Crippen molar-refractivity contribution in [3.63, 3.8) is 0 Å². The summed E-state index contributed by atoms with van der Waals surface area (Å²) in [5.74, 6) is -1.05. The van der Waals surface area contributed by atoms with Crippen LogP contribution in [0, 0.1) is 11.3 Å². The molecule has 0 aromatic carbocycles. The lowest BCUT2D eigenvalue weighted by atomic mass is 9.71. The second-order valence-electron chi connectivity index (χ2n) is 5.04. The van der Waals surface area contributed by atoms with Gasteiger partial charge in [-0.1, -0.05) is 12.8 Å². The molecule has 0 aliphatic heterocycles. The summed E-state index contributed by atoms with van der Waals surface area (Å²) in [6.45, 7) is 0. The van der Waals surface area contributed by atoms with Gasteiger partial charge in [-0.05, 0) is 18.8 Å². The molecular formula is C14H19NO4S. The van der Waals surface area contributed by atoms with Gasteiger partial charge < -0.3 is 9.47 Å². The number of aromatic nitrogens is 1. The van der Waals surface area contributed by atoms with Crippen molar-refractivity contribution in [3.8, 4) is 0 Å². The minimum Gasteiger partial charge on any atom is -0.468 e. The van der Waals surface area contributed by atoms with E-state index in [0.29, 0.717) is 0 Å². The largest absolute Gasteiger partial charge is 0.468 e.